The number of H-pyrrole nitrogens is 1. The quantitative estimate of drug-likeness (QED) is 0.648. The fraction of sp³-hybridized carbons (Fsp3) is 0.333. The lowest BCUT2D eigenvalue weighted by Gasteiger charge is -2.20. The van der Waals surface area contributed by atoms with Crippen LogP contribution in [0.4, 0.5) is 0 Å². The summed E-state index contributed by atoms with van der Waals surface area (Å²) in [5.74, 6) is 0. The van der Waals surface area contributed by atoms with E-state index in [9.17, 15) is 0 Å². The molecule has 0 amide bonds. The SMILES string of the molecule is CC1Cc2[nH]c3ccccc3c2CN1. The van der Waals surface area contributed by atoms with Gasteiger partial charge in [-0.2, -0.15) is 0 Å². The molecule has 0 aliphatic carbocycles. The van der Waals surface area contributed by atoms with Crippen LogP contribution in [-0.2, 0) is 13.0 Å². The predicted molar refractivity (Wildman–Crippen MR) is 58.3 cm³/mol. The molecular weight excluding hydrogens is 172 g/mol. The summed E-state index contributed by atoms with van der Waals surface area (Å²) in [6.45, 7) is 3.23. The summed E-state index contributed by atoms with van der Waals surface area (Å²) in [6.07, 6.45) is 1.12. The van der Waals surface area contributed by atoms with E-state index in [2.05, 4.69) is 41.5 Å². The molecule has 1 aliphatic rings. The van der Waals surface area contributed by atoms with Gasteiger partial charge < -0.3 is 10.3 Å². The number of aromatic amines is 1. The van der Waals surface area contributed by atoms with E-state index in [0.717, 1.165) is 13.0 Å². The second-order valence-electron chi connectivity index (χ2n) is 4.11. The van der Waals surface area contributed by atoms with Crippen LogP contribution in [0.3, 0.4) is 0 Å². The van der Waals surface area contributed by atoms with E-state index in [1.54, 1.807) is 0 Å². The highest BCUT2D eigenvalue weighted by molar-refractivity contribution is 5.84. The van der Waals surface area contributed by atoms with Crippen LogP contribution in [0.2, 0.25) is 0 Å². The van der Waals surface area contributed by atoms with Gasteiger partial charge in [-0.25, -0.2) is 0 Å². The second kappa shape index (κ2) is 2.85. The van der Waals surface area contributed by atoms with Crippen molar-refractivity contribution in [2.45, 2.75) is 25.9 Å². The first-order valence-electron chi connectivity index (χ1n) is 5.16. The molecule has 2 heterocycles. The molecule has 0 radical (unpaired) electrons. The van der Waals surface area contributed by atoms with E-state index in [1.165, 1.54) is 22.2 Å². The molecule has 1 aromatic carbocycles. The number of para-hydroxylation sites is 1. The van der Waals surface area contributed by atoms with Crippen molar-refractivity contribution in [1.82, 2.24) is 10.3 Å². The van der Waals surface area contributed by atoms with Gasteiger partial charge in [0.05, 0.1) is 0 Å². The zero-order valence-corrected chi connectivity index (χ0v) is 8.30. The molecule has 1 aliphatic heterocycles. The molecule has 2 nitrogen and oxygen atoms in total. The molecule has 0 spiro atoms. The molecule has 3 rings (SSSR count). The minimum atomic E-state index is 0.593. The Labute approximate surface area is 83.3 Å². The number of benzene rings is 1. The van der Waals surface area contributed by atoms with E-state index in [0.29, 0.717) is 6.04 Å². The molecule has 72 valence electrons. The van der Waals surface area contributed by atoms with Gasteiger partial charge in [-0.3, -0.25) is 0 Å². The fourth-order valence-electron chi connectivity index (χ4n) is 2.29. The van der Waals surface area contributed by atoms with Crippen molar-refractivity contribution in [3.05, 3.63) is 35.5 Å². The first kappa shape index (κ1) is 8.06. The molecule has 2 aromatic rings. The molecule has 1 atom stereocenters. The van der Waals surface area contributed by atoms with Crippen molar-refractivity contribution >= 4 is 10.9 Å². The molecule has 0 bridgehead atoms. The Kier molecular flexibility index (Phi) is 1.64. The Hall–Kier alpha value is -1.28. The van der Waals surface area contributed by atoms with E-state index >= 15 is 0 Å². The second-order valence-corrected chi connectivity index (χ2v) is 4.11. The van der Waals surface area contributed by atoms with E-state index in [-0.39, 0.29) is 0 Å². The highest BCUT2D eigenvalue weighted by Crippen LogP contribution is 2.25. The number of nitrogens with one attached hydrogen (secondary N) is 2. The number of hydrogen-bond acceptors (Lipinski definition) is 1. The molecule has 1 unspecified atom stereocenters. The smallest absolute Gasteiger partial charge is 0.0459 e. The maximum absolute atomic E-state index is 3.51. The maximum Gasteiger partial charge on any atom is 0.0459 e. The van der Waals surface area contributed by atoms with Gasteiger partial charge in [0, 0.05) is 35.6 Å². The Morgan fingerprint density at radius 3 is 3.07 bits per heavy atom. The van der Waals surface area contributed by atoms with Gasteiger partial charge in [-0.1, -0.05) is 18.2 Å². The Morgan fingerprint density at radius 1 is 1.29 bits per heavy atom. The molecule has 2 N–H and O–H groups in total. The third-order valence-corrected chi connectivity index (χ3v) is 3.04. The number of fused-ring (bicyclic) bond motifs is 3. The topological polar surface area (TPSA) is 27.8 Å². The average Bonchev–Trinajstić information content (AvgIpc) is 2.54. The third kappa shape index (κ3) is 1.07. The van der Waals surface area contributed by atoms with Crippen molar-refractivity contribution in [1.29, 1.82) is 0 Å². The van der Waals surface area contributed by atoms with Gasteiger partial charge in [-0.15, -0.1) is 0 Å². The molecule has 0 saturated heterocycles. The monoisotopic (exact) mass is 186 g/mol. The minimum absolute atomic E-state index is 0.593. The summed E-state index contributed by atoms with van der Waals surface area (Å²) in [4.78, 5) is 3.51. The van der Waals surface area contributed by atoms with Crippen molar-refractivity contribution < 1.29 is 0 Å². The molecule has 2 heteroatoms. The van der Waals surface area contributed by atoms with Crippen molar-refractivity contribution in [3.8, 4) is 0 Å². The summed E-state index contributed by atoms with van der Waals surface area (Å²) >= 11 is 0. The minimum Gasteiger partial charge on any atom is -0.358 e. The average molecular weight is 186 g/mol. The molecule has 14 heavy (non-hydrogen) atoms. The van der Waals surface area contributed by atoms with Crippen LogP contribution < -0.4 is 5.32 Å². The lowest BCUT2D eigenvalue weighted by molar-refractivity contribution is 0.511. The molecule has 0 fully saturated rings. The van der Waals surface area contributed by atoms with Crippen molar-refractivity contribution in [3.63, 3.8) is 0 Å². The predicted octanol–water partition coefficient (Wildman–Crippen LogP) is 2.20. The summed E-state index contributed by atoms with van der Waals surface area (Å²) in [7, 11) is 0. The largest absolute Gasteiger partial charge is 0.358 e. The van der Waals surface area contributed by atoms with Crippen LogP contribution in [-0.4, -0.2) is 11.0 Å². The highest BCUT2D eigenvalue weighted by atomic mass is 14.9. The lowest BCUT2D eigenvalue weighted by Crippen LogP contribution is -2.32. The maximum atomic E-state index is 3.51. The zero-order valence-electron chi connectivity index (χ0n) is 8.30. The number of rotatable bonds is 0. The first-order valence-corrected chi connectivity index (χ1v) is 5.16. The molecule has 1 aromatic heterocycles. The van der Waals surface area contributed by atoms with Crippen LogP contribution in [0.15, 0.2) is 24.3 Å². The van der Waals surface area contributed by atoms with E-state index < -0.39 is 0 Å². The van der Waals surface area contributed by atoms with Gasteiger partial charge in [-0.05, 0) is 18.6 Å². The first-order chi connectivity index (χ1) is 6.84. The van der Waals surface area contributed by atoms with Gasteiger partial charge in [0.2, 0.25) is 0 Å². The van der Waals surface area contributed by atoms with Crippen LogP contribution in [0, 0.1) is 0 Å². The van der Waals surface area contributed by atoms with Crippen molar-refractivity contribution in [2.75, 3.05) is 0 Å². The summed E-state index contributed by atoms with van der Waals surface area (Å²) in [6, 6.07) is 9.13. The van der Waals surface area contributed by atoms with E-state index in [1.807, 2.05) is 0 Å². The van der Waals surface area contributed by atoms with Crippen LogP contribution in [0.25, 0.3) is 10.9 Å². The van der Waals surface area contributed by atoms with Gasteiger partial charge in [0.15, 0.2) is 0 Å². The van der Waals surface area contributed by atoms with Crippen molar-refractivity contribution in [2.24, 2.45) is 0 Å². The van der Waals surface area contributed by atoms with Gasteiger partial charge >= 0.3 is 0 Å². The summed E-state index contributed by atoms with van der Waals surface area (Å²) in [5.41, 5.74) is 4.14. The fourth-order valence-corrected chi connectivity index (χ4v) is 2.29. The van der Waals surface area contributed by atoms with Crippen LogP contribution >= 0.6 is 0 Å². The lowest BCUT2D eigenvalue weighted by atomic mass is 10.0. The summed E-state index contributed by atoms with van der Waals surface area (Å²) in [5, 5.41) is 4.87. The standard InChI is InChI=1S/C12H14N2/c1-8-6-12-10(7-13-8)9-4-2-3-5-11(9)14-12/h2-5,8,13-14H,6-7H2,1H3. The molecular formula is C12H14N2. The van der Waals surface area contributed by atoms with Gasteiger partial charge in [0.25, 0.3) is 0 Å². The van der Waals surface area contributed by atoms with Gasteiger partial charge in [0.1, 0.15) is 0 Å². The zero-order chi connectivity index (χ0) is 9.54. The Bertz CT molecular complexity index is 470. The van der Waals surface area contributed by atoms with Crippen LogP contribution in [0.5, 0.6) is 0 Å². The summed E-state index contributed by atoms with van der Waals surface area (Å²) < 4.78 is 0. The highest BCUT2D eigenvalue weighted by Gasteiger charge is 2.18. The third-order valence-electron chi connectivity index (χ3n) is 3.04. The number of hydrogen-bond donors (Lipinski definition) is 2. The van der Waals surface area contributed by atoms with E-state index in [4.69, 9.17) is 0 Å². The Morgan fingerprint density at radius 2 is 2.14 bits per heavy atom. The normalized spacial score (nSPS) is 21.1. The van der Waals surface area contributed by atoms with Crippen LogP contribution in [0.1, 0.15) is 18.2 Å². The molecule has 0 saturated carbocycles. The number of aromatic nitrogens is 1. The Balaban J connectivity index is 2.24.